The van der Waals surface area contributed by atoms with Crippen LogP contribution in [0.5, 0.6) is 0 Å². The van der Waals surface area contributed by atoms with Crippen LogP contribution in [0.3, 0.4) is 0 Å². The summed E-state index contributed by atoms with van der Waals surface area (Å²) in [6.45, 7) is 8.11. The van der Waals surface area contributed by atoms with E-state index in [-0.39, 0.29) is 11.8 Å². The van der Waals surface area contributed by atoms with Gasteiger partial charge in [0, 0.05) is 11.3 Å². The summed E-state index contributed by atoms with van der Waals surface area (Å²) in [5.41, 5.74) is 4.35. The maximum atomic E-state index is 13.0. The number of urea groups is 1. The maximum absolute atomic E-state index is 13.0. The molecular weight excluding hydrogens is 303 g/mol. The number of rotatable bonds is 1. The Kier molecular flexibility index (Phi) is 3.91. The van der Waals surface area contributed by atoms with E-state index in [0.717, 1.165) is 22.4 Å². The number of allylic oxidation sites excluding steroid dienone is 1. The number of halogens is 1. The van der Waals surface area contributed by atoms with Crippen LogP contribution in [0.15, 0.2) is 48.5 Å². The molecule has 124 valence electrons. The van der Waals surface area contributed by atoms with Gasteiger partial charge in [-0.1, -0.05) is 17.7 Å². The number of fused-ring (bicyclic) bond motifs is 1. The zero-order chi connectivity index (χ0) is 17.5. The average Bonchev–Trinajstić information content (AvgIpc) is 2.49. The van der Waals surface area contributed by atoms with Gasteiger partial charge in [-0.25, -0.2) is 9.18 Å². The molecule has 2 aromatic rings. The van der Waals surface area contributed by atoms with Gasteiger partial charge in [0.25, 0.3) is 0 Å². The van der Waals surface area contributed by atoms with Crippen molar-refractivity contribution in [3.8, 4) is 0 Å². The molecule has 0 atom stereocenters. The van der Waals surface area contributed by atoms with Crippen LogP contribution in [0.2, 0.25) is 0 Å². The maximum Gasteiger partial charge on any atom is 0.327 e. The summed E-state index contributed by atoms with van der Waals surface area (Å²) in [4.78, 5) is 14.7. The molecule has 1 aliphatic rings. The lowest BCUT2D eigenvalue weighted by molar-refractivity contribution is 0.253. The number of benzene rings is 2. The Morgan fingerprint density at radius 1 is 1.08 bits per heavy atom. The molecule has 4 heteroatoms. The minimum Gasteiger partial charge on any atom is -0.308 e. The smallest absolute Gasteiger partial charge is 0.308 e. The van der Waals surface area contributed by atoms with E-state index in [0.29, 0.717) is 5.69 Å². The van der Waals surface area contributed by atoms with Crippen LogP contribution >= 0.6 is 0 Å². The molecule has 1 aliphatic heterocycles. The van der Waals surface area contributed by atoms with Gasteiger partial charge in [-0.3, -0.25) is 4.90 Å². The van der Waals surface area contributed by atoms with E-state index in [9.17, 15) is 9.18 Å². The predicted molar refractivity (Wildman–Crippen MR) is 96.8 cm³/mol. The molecule has 3 nitrogen and oxygen atoms in total. The Hall–Kier alpha value is -2.62. The highest BCUT2D eigenvalue weighted by atomic mass is 19.1. The van der Waals surface area contributed by atoms with Gasteiger partial charge in [-0.15, -0.1) is 0 Å². The number of aryl methyl sites for hydroxylation is 1. The molecule has 0 aliphatic carbocycles. The summed E-state index contributed by atoms with van der Waals surface area (Å²) in [5, 5.41) is 2.86. The normalized spacial score (nSPS) is 15.5. The van der Waals surface area contributed by atoms with Crippen molar-refractivity contribution in [3.63, 3.8) is 0 Å². The lowest BCUT2D eigenvalue weighted by Gasteiger charge is -2.41. The molecule has 2 aromatic carbocycles. The Labute approximate surface area is 141 Å². The van der Waals surface area contributed by atoms with Crippen molar-refractivity contribution in [1.82, 2.24) is 0 Å². The second kappa shape index (κ2) is 5.78. The molecule has 3 rings (SSSR count). The van der Waals surface area contributed by atoms with Gasteiger partial charge in [0.1, 0.15) is 5.82 Å². The summed E-state index contributed by atoms with van der Waals surface area (Å²) < 4.78 is 13.0. The second-order valence-electron chi connectivity index (χ2n) is 6.77. The Morgan fingerprint density at radius 2 is 1.75 bits per heavy atom. The van der Waals surface area contributed by atoms with E-state index in [4.69, 9.17) is 0 Å². The second-order valence-corrected chi connectivity index (χ2v) is 6.77. The first-order valence-electron chi connectivity index (χ1n) is 7.95. The molecule has 0 radical (unpaired) electrons. The fourth-order valence-corrected chi connectivity index (χ4v) is 3.23. The largest absolute Gasteiger partial charge is 0.327 e. The van der Waals surface area contributed by atoms with Gasteiger partial charge in [0.15, 0.2) is 0 Å². The summed E-state index contributed by atoms with van der Waals surface area (Å²) >= 11 is 0. The lowest BCUT2D eigenvalue weighted by atomic mass is 9.88. The highest BCUT2D eigenvalue weighted by Crippen LogP contribution is 2.39. The van der Waals surface area contributed by atoms with Gasteiger partial charge in [-0.05, 0) is 69.7 Å². The van der Waals surface area contributed by atoms with Crippen LogP contribution in [0, 0.1) is 12.7 Å². The molecule has 0 saturated carbocycles. The van der Waals surface area contributed by atoms with E-state index in [1.165, 1.54) is 12.1 Å². The van der Waals surface area contributed by atoms with Crippen molar-refractivity contribution in [2.75, 3.05) is 10.2 Å². The standard InChI is InChI=1S/C20H21FN2O/c1-13-5-10-18-17(11-13)14(2)12-20(3,4)23(18)19(24)22-16-8-6-15(21)7-9-16/h5-12H,1-4H3,(H,22,24). The van der Waals surface area contributed by atoms with Crippen molar-refractivity contribution < 1.29 is 9.18 Å². The number of anilines is 2. The van der Waals surface area contributed by atoms with E-state index < -0.39 is 5.54 Å². The molecule has 1 heterocycles. The first-order valence-corrected chi connectivity index (χ1v) is 7.95. The molecule has 0 aromatic heterocycles. The SMILES string of the molecule is CC1=CC(C)(C)N(C(=O)Nc2ccc(F)cc2)c2ccc(C)cc21. The lowest BCUT2D eigenvalue weighted by Crippen LogP contribution is -2.50. The third kappa shape index (κ3) is 2.92. The molecule has 0 fully saturated rings. The van der Waals surface area contributed by atoms with Gasteiger partial charge in [-0.2, -0.15) is 0 Å². The summed E-state index contributed by atoms with van der Waals surface area (Å²) in [5.74, 6) is -0.328. The van der Waals surface area contributed by atoms with Gasteiger partial charge < -0.3 is 5.32 Å². The zero-order valence-corrected chi connectivity index (χ0v) is 14.4. The quantitative estimate of drug-likeness (QED) is 0.751. The highest BCUT2D eigenvalue weighted by Gasteiger charge is 2.35. The molecule has 0 spiro atoms. The van der Waals surface area contributed by atoms with E-state index in [1.54, 1.807) is 17.0 Å². The number of hydrogen-bond acceptors (Lipinski definition) is 1. The van der Waals surface area contributed by atoms with Crippen LogP contribution < -0.4 is 10.2 Å². The number of nitrogens with zero attached hydrogens (tertiary/aromatic N) is 1. The third-order valence-electron chi connectivity index (χ3n) is 4.26. The van der Waals surface area contributed by atoms with Crippen LogP contribution in [0.25, 0.3) is 5.57 Å². The van der Waals surface area contributed by atoms with E-state index in [1.807, 2.05) is 32.9 Å². The monoisotopic (exact) mass is 324 g/mol. The fourth-order valence-electron chi connectivity index (χ4n) is 3.23. The number of nitrogens with one attached hydrogen (secondary N) is 1. The minimum atomic E-state index is -0.462. The highest BCUT2D eigenvalue weighted by molar-refractivity contribution is 6.06. The van der Waals surface area contributed by atoms with Crippen LogP contribution in [-0.2, 0) is 0 Å². The van der Waals surface area contributed by atoms with E-state index in [2.05, 4.69) is 24.4 Å². The number of carbonyl (C=O) groups is 1. The molecular formula is C20H21FN2O. The Bertz CT molecular complexity index is 822. The van der Waals surface area contributed by atoms with Crippen molar-refractivity contribution >= 4 is 23.0 Å². The molecule has 1 N–H and O–H groups in total. The third-order valence-corrected chi connectivity index (χ3v) is 4.26. The fraction of sp³-hybridized carbons (Fsp3) is 0.250. The molecule has 24 heavy (non-hydrogen) atoms. The zero-order valence-electron chi connectivity index (χ0n) is 14.4. The number of carbonyl (C=O) groups excluding carboxylic acids is 1. The molecule has 2 amide bonds. The first-order chi connectivity index (χ1) is 11.3. The topological polar surface area (TPSA) is 32.3 Å². The van der Waals surface area contributed by atoms with Gasteiger partial charge in [0.2, 0.25) is 0 Å². The van der Waals surface area contributed by atoms with Crippen molar-refractivity contribution in [2.45, 2.75) is 33.2 Å². The number of amides is 2. The summed E-state index contributed by atoms with van der Waals surface area (Å²) in [6.07, 6.45) is 2.10. The van der Waals surface area contributed by atoms with Crippen LogP contribution in [-0.4, -0.2) is 11.6 Å². The first kappa shape index (κ1) is 16.2. The minimum absolute atomic E-state index is 0.236. The van der Waals surface area contributed by atoms with E-state index >= 15 is 0 Å². The average molecular weight is 324 g/mol. The molecule has 0 saturated heterocycles. The molecule has 0 bridgehead atoms. The van der Waals surface area contributed by atoms with Gasteiger partial charge >= 0.3 is 6.03 Å². The molecule has 0 unspecified atom stereocenters. The van der Waals surface area contributed by atoms with Crippen LogP contribution in [0.4, 0.5) is 20.6 Å². The Morgan fingerprint density at radius 3 is 2.42 bits per heavy atom. The number of hydrogen-bond donors (Lipinski definition) is 1. The van der Waals surface area contributed by atoms with Crippen molar-refractivity contribution in [2.24, 2.45) is 0 Å². The summed E-state index contributed by atoms with van der Waals surface area (Å²) in [7, 11) is 0. The van der Waals surface area contributed by atoms with Crippen LogP contribution in [0.1, 0.15) is 31.9 Å². The van der Waals surface area contributed by atoms with Crippen molar-refractivity contribution in [1.29, 1.82) is 0 Å². The Balaban J connectivity index is 1.99. The summed E-state index contributed by atoms with van der Waals surface area (Å²) in [6, 6.07) is 11.6. The van der Waals surface area contributed by atoms with Gasteiger partial charge in [0.05, 0.1) is 11.2 Å². The predicted octanol–water partition coefficient (Wildman–Crippen LogP) is 5.37. The van der Waals surface area contributed by atoms with Crippen molar-refractivity contribution in [3.05, 3.63) is 65.5 Å².